The maximum absolute atomic E-state index is 11.0. The highest BCUT2D eigenvalue weighted by Crippen LogP contribution is 2.69. The predicted octanol–water partition coefficient (Wildman–Crippen LogP) is 4.03. The zero-order valence-corrected chi connectivity index (χ0v) is 16.3. The van der Waals surface area contributed by atoms with Gasteiger partial charge in [-0.15, -0.1) is 0 Å². The van der Waals surface area contributed by atoms with E-state index in [0.29, 0.717) is 29.6 Å². The molecular weight excluding hydrogens is 326 g/mol. The van der Waals surface area contributed by atoms with E-state index in [4.69, 9.17) is 9.47 Å². The molecule has 5 rings (SSSR count). The molecule has 144 valence electrons. The first-order valence-corrected chi connectivity index (χ1v) is 10.8. The molecule has 4 nitrogen and oxygen atoms in total. The molecule has 26 heavy (non-hydrogen) atoms. The Morgan fingerprint density at radius 1 is 0.923 bits per heavy atom. The van der Waals surface area contributed by atoms with Crippen molar-refractivity contribution < 1.29 is 14.6 Å². The average Bonchev–Trinajstić information content (AvgIpc) is 3.19. The summed E-state index contributed by atoms with van der Waals surface area (Å²) in [6.07, 6.45) is 9.67. The minimum atomic E-state index is -1.11. The molecule has 4 aliphatic carbocycles. The summed E-state index contributed by atoms with van der Waals surface area (Å²) in [7, 11) is 0. The molecule has 1 N–H and O–H groups in total. The van der Waals surface area contributed by atoms with E-state index in [2.05, 4.69) is 19.9 Å². The second-order valence-corrected chi connectivity index (χ2v) is 10.4. The largest absolute Gasteiger partial charge is 0.375 e. The lowest BCUT2D eigenvalue weighted by molar-refractivity contribution is -0.231. The molecule has 0 amide bonds. The van der Waals surface area contributed by atoms with Crippen LogP contribution >= 0.6 is 0 Å². The van der Waals surface area contributed by atoms with E-state index in [0.717, 1.165) is 44.8 Å². The monoisotopic (exact) mass is 359 g/mol. The lowest BCUT2D eigenvalue weighted by atomic mass is 9.44. The van der Waals surface area contributed by atoms with Crippen LogP contribution in [0.4, 0.5) is 0 Å². The van der Waals surface area contributed by atoms with Gasteiger partial charge in [0.15, 0.2) is 11.4 Å². The third-order valence-corrected chi connectivity index (χ3v) is 9.82. The van der Waals surface area contributed by atoms with Gasteiger partial charge in [0.1, 0.15) is 0 Å². The Hall–Kier alpha value is -0.630. The Morgan fingerprint density at radius 2 is 1.65 bits per heavy atom. The highest BCUT2D eigenvalue weighted by atomic mass is 16.7. The molecule has 1 spiro atoms. The molecule has 5 fully saturated rings. The molecular formula is C22H33NO3. The first-order chi connectivity index (χ1) is 12.4. The molecule has 1 aliphatic heterocycles. The van der Waals surface area contributed by atoms with Gasteiger partial charge in [-0.1, -0.05) is 13.8 Å². The van der Waals surface area contributed by atoms with Crippen LogP contribution in [0.1, 0.15) is 71.6 Å². The van der Waals surface area contributed by atoms with Crippen LogP contribution < -0.4 is 0 Å². The fourth-order valence-corrected chi connectivity index (χ4v) is 8.16. The van der Waals surface area contributed by atoms with Crippen molar-refractivity contribution in [2.45, 2.75) is 83.0 Å². The Balaban J connectivity index is 1.42. The predicted molar refractivity (Wildman–Crippen MR) is 96.9 cm³/mol. The molecule has 1 heterocycles. The molecule has 0 aromatic heterocycles. The SMILES string of the molecule is C[C@]12CCC3C(CC[C@H]4CC5(CC[C@]34C)OCCO5)C1CC[C@@]2(O)C#N. The van der Waals surface area contributed by atoms with Gasteiger partial charge < -0.3 is 14.6 Å². The standard InChI is InChI=1S/C22H33NO3/c1-19-9-10-22(25-11-12-26-22)13-15(19)3-4-16-17(19)5-7-20(2)18(16)6-8-21(20,24)14-23/h15-18,24H,3-13H2,1-2H3/t15-,16?,17?,18?,19-,20-,21+/m0/s1. The first kappa shape index (κ1) is 17.5. The summed E-state index contributed by atoms with van der Waals surface area (Å²) in [5, 5.41) is 20.6. The topological polar surface area (TPSA) is 62.5 Å². The van der Waals surface area contributed by atoms with Crippen molar-refractivity contribution >= 4 is 0 Å². The molecule has 4 saturated carbocycles. The van der Waals surface area contributed by atoms with E-state index in [1.807, 2.05) is 0 Å². The second kappa shape index (κ2) is 5.46. The molecule has 0 radical (unpaired) electrons. The summed E-state index contributed by atoms with van der Waals surface area (Å²) in [6, 6.07) is 2.30. The van der Waals surface area contributed by atoms with Crippen LogP contribution in [-0.4, -0.2) is 29.7 Å². The lowest BCUT2D eigenvalue weighted by Crippen LogP contribution is -2.58. The fraction of sp³-hybridized carbons (Fsp3) is 0.955. The van der Waals surface area contributed by atoms with Crippen molar-refractivity contribution in [3.63, 3.8) is 0 Å². The van der Waals surface area contributed by atoms with Crippen LogP contribution in [0.25, 0.3) is 0 Å². The number of fused-ring (bicyclic) bond motifs is 5. The van der Waals surface area contributed by atoms with E-state index in [-0.39, 0.29) is 11.2 Å². The normalized spacial score (nSPS) is 55.0. The van der Waals surface area contributed by atoms with Crippen LogP contribution in [-0.2, 0) is 9.47 Å². The quantitative estimate of drug-likeness (QED) is 0.663. The zero-order chi connectivity index (χ0) is 18.2. The molecule has 3 unspecified atom stereocenters. The molecule has 0 aromatic rings. The van der Waals surface area contributed by atoms with E-state index in [9.17, 15) is 10.4 Å². The summed E-state index contributed by atoms with van der Waals surface area (Å²) >= 11 is 0. The van der Waals surface area contributed by atoms with Gasteiger partial charge in [-0.2, -0.15) is 5.26 Å². The summed E-state index contributed by atoms with van der Waals surface area (Å²) in [4.78, 5) is 0. The third-order valence-electron chi connectivity index (χ3n) is 9.82. The molecule has 0 aromatic carbocycles. The number of nitriles is 1. The highest BCUT2D eigenvalue weighted by Gasteiger charge is 2.66. The van der Waals surface area contributed by atoms with Gasteiger partial charge >= 0.3 is 0 Å². The first-order valence-electron chi connectivity index (χ1n) is 10.8. The van der Waals surface area contributed by atoms with Gasteiger partial charge in [0.25, 0.3) is 0 Å². The number of hydrogen-bond acceptors (Lipinski definition) is 4. The van der Waals surface area contributed by atoms with E-state index < -0.39 is 5.60 Å². The number of aliphatic hydroxyl groups is 1. The van der Waals surface area contributed by atoms with Crippen LogP contribution in [0.2, 0.25) is 0 Å². The Bertz CT molecular complexity index is 638. The maximum atomic E-state index is 11.0. The summed E-state index contributed by atoms with van der Waals surface area (Å²) in [5.41, 5.74) is -0.944. The van der Waals surface area contributed by atoms with Gasteiger partial charge in [0.05, 0.1) is 19.3 Å². The van der Waals surface area contributed by atoms with E-state index in [1.54, 1.807) is 0 Å². The minimum Gasteiger partial charge on any atom is -0.375 e. The minimum absolute atomic E-state index is 0.209. The summed E-state index contributed by atoms with van der Waals surface area (Å²) in [5.74, 6) is 2.33. The average molecular weight is 360 g/mol. The van der Waals surface area contributed by atoms with Gasteiger partial charge in [0, 0.05) is 18.3 Å². The van der Waals surface area contributed by atoms with Crippen molar-refractivity contribution in [1.29, 1.82) is 5.26 Å². The van der Waals surface area contributed by atoms with Crippen molar-refractivity contribution in [2.24, 2.45) is 34.5 Å². The Labute approximate surface area is 157 Å². The van der Waals surface area contributed by atoms with Crippen molar-refractivity contribution in [2.75, 3.05) is 13.2 Å². The maximum Gasteiger partial charge on any atom is 0.168 e. The van der Waals surface area contributed by atoms with Crippen molar-refractivity contribution in [3.05, 3.63) is 0 Å². The Morgan fingerprint density at radius 3 is 2.38 bits per heavy atom. The number of ether oxygens (including phenoxy) is 2. The van der Waals surface area contributed by atoms with Crippen LogP contribution in [0.3, 0.4) is 0 Å². The lowest BCUT2D eigenvalue weighted by Gasteiger charge is -2.62. The molecule has 7 atom stereocenters. The van der Waals surface area contributed by atoms with Crippen LogP contribution in [0, 0.1) is 45.8 Å². The van der Waals surface area contributed by atoms with Crippen molar-refractivity contribution in [3.8, 4) is 6.07 Å². The third kappa shape index (κ3) is 2.06. The zero-order valence-electron chi connectivity index (χ0n) is 16.3. The summed E-state index contributed by atoms with van der Waals surface area (Å²) < 4.78 is 12.1. The van der Waals surface area contributed by atoms with Gasteiger partial charge in [-0.05, 0) is 74.0 Å². The van der Waals surface area contributed by atoms with Gasteiger partial charge in [-0.25, -0.2) is 0 Å². The number of hydrogen-bond donors (Lipinski definition) is 1. The molecule has 4 heteroatoms. The number of nitrogens with zero attached hydrogens (tertiary/aromatic N) is 1. The summed E-state index contributed by atoms with van der Waals surface area (Å²) in [6.45, 7) is 6.24. The Kier molecular flexibility index (Phi) is 3.67. The molecule has 0 bridgehead atoms. The molecule has 5 aliphatic rings. The highest BCUT2D eigenvalue weighted by molar-refractivity contribution is 5.21. The van der Waals surface area contributed by atoms with Gasteiger partial charge in [-0.3, -0.25) is 0 Å². The fourth-order valence-electron chi connectivity index (χ4n) is 8.16. The van der Waals surface area contributed by atoms with Crippen LogP contribution in [0.15, 0.2) is 0 Å². The van der Waals surface area contributed by atoms with E-state index in [1.165, 1.54) is 25.7 Å². The van der Waals surface area contributed by atoms with Crippen molar-refractivity contribution in [1.82, 2.24) is 0 Å². The second-order valence-electron chi connectivity index (χ2n) is 10.4. The molecule has 1 saturated heterocycles. The number of rotatable bonds is 0. The van der Waals surface area contributed by atoms with Crippen LogP contribution in [0.5, 0.6) is 0 Å². The van der Waals surface area contributed by atoms with Gasteiger partial charge in [0.2, 0.25) is 0 Å². The smallest absolute Gasteiger partial charge is 0.168 e. The van der Waals surface area contributed by atoms with E-state index >= 15 is 0 Å².